The Morgan fingerprint density at radius 2 is 1.76 bits per heavy atom. The van der Waals surface area contributed by atoms with Crippen molar-refractivity contribution in [2.75, 3.05) is 27.2 Å². The average Bonchev–Trinajstić information content (AvgIpc) is 2.47. The Morgan fingerprint density at radius 1 is 1.20 bits per heavy atom. The van der Waals surface area contributed by atoms with Gasteiger partial charge < -0.3 is 10.2 Å². The summed E-state index contributed by atoms with van der Waals surface area (Å²) in [7, 11) is 3.43. The second-order valence-electron chi connectivity index (χ2n) is 7.74. The first kappa shape index (κ1) is 25.8. The van der Waals surface area contributed by atoms with Crippen molar-refractivity contribution in [1.29, 1.82) is 0 Å². The fraction of sp³-hybridized carbons (Fsp3) is 0.667. The lowest BCUT2D eigenvalue weighted by atomic mass is 9.85. The van der Waals surface area contributed by atoms with Crippen molar-refractivity contribution < 1.29 is 15.0 Å². The zero-order chi connectivity index (χ0) is 20.0. The Kier molecular flexibility index (Phi) is 14.3. The van der Waals surface area contributed by atoms with Crippen molar-refractivity contribution in [3.05, 3.63) is 35.4 Å². The number of benzene rings is 1. The number of aliphatic hydroxyl groups excluding tert-OH is 1. The molecule has 0 aliphatic carbocycles. The fourth-order valence-electron chi connectivity index (χ4n) is 1.79. The molecule has 1 rings (SSSR count). The quantitative estimate of drug-likeness (QED) is 0.817. The predicted molar refractivity (Wildman–Crippen MR) is 107 cm³/mol. The van der Waals surface area contributed by atoms with Crippen molar-refractivity contribution in [3.8, 4) is 0 Å². The molecule has 0 unspecified atom stereocenters. The summed E-state index contributed by atoms with van der Waals surface area (Å²) in [5, 5.41) is 16.1. The van der Waals surface area contributed by atoms with Crippen molar-refractivity contribution in [1.82, 2.24) is 4.90 Å². The van der Waals surface area contributed by atoms with Crippen LogP contribution in [0.1, 0.15) is 71.4 Å². The van der Waals surface area contributed by atoms with E-state index in [0.29, 0.717) is 12.5 Å². The van der Waals surface area contributed by atoms with Crippen LogP contribution < -0.4 is 0 Å². The van der Waals surface area contributed by atoms with E-state index in [-0.39, 0.29) is 12.0 Å². The molecule has 0 fully saturated rings. The summed E-state index contributed by atoms with van der Waals surface area (Å²) >= 11 is 0. The monoisotopic (exact) mass is 353 g/mol. The van der Waals surface area contributed by atoms with Crippen LogP contribution in [-0.2, 0) is 10.2 Å². The van der Waals surface area contributed by atoms with Crippen LogP contribution in [0, 0.1) is 0 Å². The molecule has 2 N–H and O–H groups in total. The zero-order valence-electron chi connectivity index (χ0n) is 17.5. The van der Waals surface area contributed by atoms with E-state index in [0.717, 1.165) is 12.8 Å². The molecule has 0 radical (unpaired) electrons. The molecule has 4 nitrogen and oxygen atoms in total. The van der Waals surface area contributed by atoms with Crippen LogP contribution in [0.25, 0.3) is 0 Å². The van der Waals surface area contributed by atoms with Gasteiger partial charge in [-0.2, -0.15) is 0 Å². The Labute approximate surface area is 154 Å². The number of aliphatic hydroxyl groups is 1. The molecule has 0 aliphatic heterocycles. The molecule has 0 aliphatic rings. The van der Waals surface area contributed by atoms with E-state index in [2.05, 4.69) is 65.8 Å². The molecule has 0 heterocycles. The van der Waals surface area contributed by atoms with Gasteiger partial charge in [0, 0.05) is 6.61 Å². The molecular weight excluding hydrogens is 314 g/mol. The van der Waals surface area contributed by atoms with Gasteiger partial charge in [-0.3, -0.25) is 9.69 Å². The van der Waals surface area contributed by atoms with Crippen LogP contribution in [0.2, 0.25) is 0 Å². The highest BCUT2D eigenvalue weighted by molar-refractivity contribution is 5.68. The van der Waals surface area contributed by atoms with E-state index < -0.39 is 5.97 Å². The second-order valence-corrected chi connectivity index (χ2v) is 7.74. The molecule has 0 spiro atoms. The van der Waals surface area contributed by atoms with Gasteiger partial charge in [0.25, 0.3) is 0 Å². The maximum Gasteiger partial charge on any atom is 0.317 e. The maximum absolute atomic E-state index is 9.77. The van der Waals surface area contributed by atoms with Crippen molar-refractivity contribution in [3.63, 3.8) is 0 Å². The lowest BCUT2D eigenvalue weighted by Gasteiger charge is -2.20. The SMILES string of the molecule is CC(C)c1cccc(C(C)(C)C)c1.CCCCO.CN(C)CC(=O)O. The Hall–Kier alpha value is -1.39. The number of hydrogen-bond donors (Lipinski definition) is 2. The number of carbonyl (C=O) groups is 1. The van der Waals surface area contributed by atoms with E-state index in [1.54, 1.807) is 19.0 Å². The summed E-state index contributed by atoms with van der Waals surface area (Å²) in [5.74, 6) is -0.160. The normalized spacial score (nSPS) is 10.7. The van der Waals surface area contributed by atoms with Crippen LogP contribution in [0.4, 0.5) is 0 Å². The van der Waals surface area contributed by atoms with Gasteiger partial charge in [-0.15, -0.1) is 0 Å². The van der Waals surface area contributed by atoms with Gasteiger partial charge in [-0.1, -0.05) is 72.2 Å². The zero-order valence-corrected chi connectivity index (χ0v) is 17.5. The molecular formula is C21H39NO3. The molecule has 0 saturated heterocycles. The van der Waals surface area contributed by atoms with Gasteiger partial charge >= 0.3 is 5.97 Å². The lowest BCUT2D eigenvalue weighted by Crippen LogP contribution is -2.20. The third-order valence-corrected chi connectivity index (χ3v) is 3.38. The van der Waals surface area contributed by atoms with Crippen molar-refractivity contribution in [2.24, 2.45) is 0 Å². The summed E-state index contributed by atoms with van der Waals surface area (Å²) < 4.78 is 0. The molecule has 4 heteroatoms. The van der Waals surface area contributed by atoms with E-state index in [1.165, 1.54) is 11.1 Å². The van der Waals surface area contributed by atoms with E-state index in [9.17, 15) is 4.79 Å². The number of nitrogens with zero attached hydrogens (tertiary/aromatic N) is 1. The molecule has 0 aromatic heterocycles. The molecule has 0 bridgehead atoms. The van der Waals surface area contributed by atoms with E-state index in [4.69, 9.17) is 10.2 Å². The number of carboxylic acid groups (broad SMARTS) is 1. The van der Waals surface area contributed by atoms with Gasteiger partial charge in [0.1, 0.15) is 0 Å². The molecule has 146 valence electrons. The van der Waals surface area contributed by atoms with Crippen LogP contribution >= 0.6 is 0 Å². The standard InChI is InChI=1S/C13H20.C4H9NO2.C4H10O/c1-10(2)11-7-6-8-12(9-11)13(3,4)5;1-5(2)3-4(6)7;1-2-3-4-5/h6-10H,1-5H3;3H2,1-2H3,(H,6,7);5H,2-4H2,1H3. The van der Waals surface area contributed by atoms with Gasteiger partial charge in [0.15, 0.2) is 0 Å². The van der Waals surface area contributed by atoms with E-state index >= 15 is 0 Å². The molecule has 25 heavy (non-hydrogen) atoms. The van der Waals surface area contributed by atoms with Crippen molar-refractivity contribution >= 4 is 5.97 Å². The summed E-state index contributed by atoms with van der Waals surface area (Å²) in [6.45, 7) is 13.8. The number of likely N-dealkylation sites (N-methyl/N-ethyl adjacent to an activating group) is 1. The number of aliphatic carboxylic acids is 1. The van der Waals surface area contributed by atoms with Crippen LogP contribution in [0.15, 0.2) is 24.3 Å². The predicted octanol–water partition coefficient (Wildman–Crippen LogP) is 4.52. The van der Waals surface area contributed by atoms with Gasteiger partial charge in [-0.25, -0.2) is 0 Å². The first-order valence-corrected chi connectivity index (χ1v) is 9.03. The largest absolute Gasteiger partial charge is 0.480 e. The van der Waals surface area contributed by atoms with Gasteiger partial charge in [-0.05, 0) is 43.0 Å². The third kappa shape index (κ3) is 15.9. The van der Waals surface area contributed by atoms with Crippen molar-refractivity contribution in [2.45, 2.75) is 65.7 Å². The van der Waals surface area contributed by atoms with Gasteiger partial charge in [0.2, 0.25) is 0 Å². The molecule has 0 amide bonds. The fourth-order valence-corrected chi connectivity index (χ4v) is 1.79. The molecule has 0 atom stereocenters. The van der Waals surface area contributed by atoms with Crippen LogP contribution in [0.3, 0.4) is 0 Å². The minimum Gasteiger partial charge on any atom is -0.480 e. The smallest absolute Gasteiger partial charge is 0.317 e. The number of rotatable bonds is 5. The highest BCUT2D eigenvalue weighted by Gasteiger charge is 2.13. The molecule has 1 aromatic carbocycles. The van der Waals surface area contributed by atoms with Gasteiger partial charge in [0.05, 0.1) is 6.54 Å². The first-order chi connectivity index (χ1) is 11.4. The summed E-state index contributed by atoms with van der Waals surface area (Å²) in [4.78, 5) is 11.4. The summed E-state index contributed by atoms with van der Waals surface area (Å²) in [5.41, 5.74) is 3.14. The lowest BCUT2D eigenvalue weighted by molar-refractivity contribution is -0.137. The topological polar surface area (TPSA) is 60.8 Å². The molecule has 0 saturated carbocycles. The molecule has 1 aromatic rings. The summed E-state index contributed by atoms with van der Waals surface area (Å²) in [6.07, 6.45) is 2.04. The Balaban J connectivity index is 0. The van der Waals surface area contributed by atoms with Crippen LogP contribution in [0.5, 0.6) is 0 Å². The van der Waals surface area contributed by atoms with E-state index in [1.807, 2.05) is 0 Å². The third-order valence-electron chi connectivity index (χ3n) is 3.38. The van der Waals surface area contributed by atoms with Crippen LogP contribution in [-0.4, -0.2) is 48.3 Å². The number of hydrogen-bond acceptors (Lipinski definition) is 3. The average molecular weight is 354 g/mol. The highest BCUT2D eigenvalue weighted by Crippen LogP contribution is 2.25. The summed E-state index contributed by atoms with van der Waals surface area (Å²) in [6, 6.07) is 8.91. The number of unbranched alkanes of at least 4 members (excludes halogenated alkanes) is 1. The second kappa shape index (κ2) is 13.9. The first-order valence-electron chi connectivity index (χ1n) is 9.03. The minimum atomic E-state index is -0.787. The Bertz CT molecular complexity index is 460. The Morgan fingerprint density at radius 3 is 2.00 bits per heavy atom. The highest BCUT2D eigenvalue weighted by atomic mass is 16.4. The maximum atomic E-state index is 9.77. The number of carboxylic acids is 1. The minimum absolute atomic E-state index is 0.111.